The lowest BCUT2D eigenvalue weighted by Gasteiger charge is -2.16. The number of nitrogens with zero attached hydrogens (tertiary/aromatic N) is 3. The zero-order valence-electron chi connectivity index (χ0n) is 12.7. The van der Waals surface area contributed by atoms with E-state index in [0.29, 0.717) is 27.4 Å². The van der Waals surface area contributed by atoms with Crippen LogP contribution >= 0.6 is 23.2 Å². The van der Waals surface area contributed by atoms with Crippen molar-refractivity contribution in [3.05, 3.63) is 46.6 Å². The number of halogens is 2. The van der Waals surface area contributed by atoms with Gasteiger partial charge in [-0.1, -0.05) is 29.1 Å². The molecule has 1 heterocycles. The summed E-state index contributed by atoms with van der Waals surface area (Å²) in [5, 5.41) is 0.969. The van der Waals surface area contributed by atoms with Crippen molar-refractivity contribution in [2.75, 3.05) is 7.05 Å². The Morgan fingerprint density at radius 1 is 1.35 bits per heavy atom. The monoisotopic (exact) mass is 347 g/mol. The summed E-state index contributed by atoms with van der Waals surface area (Å²) in [4.78, 5) is 10.3. The van der Waals surface area contributed by atoms with E-state index in [-0.39, 0.29) is 6.04 Å². The van der Waals surface area contributed by atoms with Crippen LogP contribution in [0.5, 0.6) is 11.6 Å². The highest BCUT2D eigenvalue weighted by molar-refractivity contribution is 6.35. The molecule has 0 fully saturated rings. The van der Waals surface area contributed by atoms with Crippen LogP contribution in [0.2, 0.25) is 10.0 Å². The molecule has 23 heavy (non-hydrogen) atoms. The van der Waals surface area contributed by atoms with Crippen LogP contribution in [0.1, 0.15) is 6.92 Å². The molecular formula is C17H15Cl2N3O. The number of rotatable bonds is 5. The van der Waals surface area contributed by atoms with Gasteiger partial charge in [0.15, 0.2) is 0 Å². The molecule has 0 spiro atoms. The molecule has 0 saturated carbocycles. The van der Waals surface area contributed by atoms with Gasteiger partial charge >= 0.3 is 0 Å². The molecule has 0 aliphatic rings. The van der Waals surface area contributed by atoms with Gasteiger partial charge < -0.3 is 9.64 Å². The van der Waals surface area contributed by atoms with E-state index in [0.717, 1.165) is 0 Å². The normalized spacial score (nSPS) is 12.0. The minimum absolute atomic E-state index is 0.0265. The lowest BCUT2D eigenvalue weighted by atomic mass is 10.3. The summed E-state index contributed by atoms with van der Waals surface area (Å²) in [6.45, 7) is 1.91. The molecule has 0 saturated heterocycles. The van der Waals surface area contributed by atoms with E-state index in [1.54, 1.807) is 42.9 Å². The number of benzene rings is 1. The van der Waals surface area contributed by atoms with Crippen LogP contribution in [0.4, 0.5) is 5.69 Å². The van der Waals surface area contributed by atoms with E-state index in [2.05, 4.69) is 15.9 Å². The quantitative estimate of drug-likeness (QED) is 0.443. The molecule has 4 nitrogen and oxygen atoms in total. The molecule has 1 atom stereocenters. The first kappa shape index (κ1) is 17.1. The highest BCUT2D eigenvalue weighted by atomic mass is 35.5. The van der Waals surface area contributed by atoms with Crippen molar-refractivity contribution >= 4 is 35.2 Å². The number of aromatic nitrogens is 1. The second kappa shape index (κ2) is 7.87. The summed E-state index contributed by atoms with van der Waals surface area (Å²) in [7, 11) is 1.86. The van der Waals surface area contributed by atoms with Crippen LogP contribution in [0.15, 0.2) is 41.5 Å². The maximum absolute atomic E-state index is 6.06. The zero-order valence-corrected chi connectivity index (χ0v) is 14.2. The standard InChI is InChI=1S/C17H15Cl2N3O/c1-4-12(2)22(3)11-21-14-6-8-17(20-10-14)23-16-7-5-13(18)9-15(16)19/h1,5-12H,2-3H3/b21-11+. The van der Waals surface area contributed by atoms with E-state index in [4.69, 9.17) is 34.4 Å². The maximum Gasteiger partial charge on any atom is 0.219 e. The summed E-state index contributed by atoms with van der Waals surface area (Å²) >= 11 is 11.9. The predicted octanol–water partition coefficient (Wildman–Crippen LogP) is 4.79. The van der Waals surface area contributed by atoms with Gasteiger partial charge in [-0.25, -0.2) is 9.98 Å². The largest absolute Gasteiger partial charge is 0.437 e. The highest BCUT2D eigenvalue weighted by Crippen LogP contribution is 2.31. The van der Waals surface area contributed by atoms with Gasteiger partial charge in [0.2, 0.25) is 5.88 Å². The summed E-state index contributed by atoms with van der Waals surface area (Å²) in [6, 6.07) is 8.47. The molecule has 1 unspecified atom stereocenters. The summed E-state index contributed by atoms with van der Waals surface area (Å²) in [5.74, 6) is 3.53. The first-order chi connectivity index (χ1) is 11.0. The Morgan fingerprint density at radius 3 is 2.74 bits per heavy atom. The van der Waals surface area contributed by atoms with E-state index in [9.17, 15) is 0 Å². The number of hydrogen-bond donors (Lipinski definition) is 0. The van der Waals surface area contributed by atoms with Crippen LogP contribution in [0.25, 0.3) is 0 Å². The first-order valence-electron chi connectivity index (χ1n) is 6.81. The molecule has 6 heteroatoms. The Bertz CT molecular complexity index is 738. The minimum Gasteiger partial charge on any atom is -0.437 e. The summed E-state index contributed by atoms with van der Waals surface area (Å²) in [6.07, 6.45) is 8.62. The fraction of sp³-hybridized carbons (Fsp3) is 0.176. The van der Waals surface area contributed by atoms with Gasteiger partial charge in [0.1, 0.15) is 5.75 Å². The van der Waals surface area contributed by atoms with Gasteiger partial charge in [-0.2, -0.15) is 0 Å². The van der Waals surface area contributed by atoms with E-state index in [1.807, 2.05) is 18.9 Å². The van der Waals surface area contributed by atoms with Crippen molar-refractivity contribution in [3.8, 4) is 24.0 Å². The third-order valence-corrected chi connectivity index (χ3v) is 3.60. The Morgan fingerprint density at radius 2 is 2.13 bits per heavy atom. The van der Waals surface area contributed by atoms with Crippen molar-refractivity contribution in [1.29, 1.82) is 0 Å². The van der Waals surface area contributed by atoms with Crippen LogP contribution in [-0.2, 0) is 0 Å². The second-order valence-electron chi connectivity index (χ2n) is 4.78. The maximum atomic E-state index is 6.06. The Balaban J connectivity index is 2.05. The van der Waals surface area contributed by atoms with Crippen molar-refractivity contribution in [3.63, 3.8) is 0 Å². The fourth-order valence-electron chi connectivity index (χ4n) is 1.56. The number of pyridine rings is 1. The summed E-state index contributed by atoms with van der Waals surface area (Å²) < 4.78 is 5.61. The van der Waals surface area contributed by atoms with Crippen molar-refractivity contribution in [2.45, 2.75) is 13.0 Å². The summed E-state index contributed by atoms with van der Waals surface area (Å²) in [5.41, 5.74) is 0.690. The molecule has 1 aromatic carbocycles. The molecule has 0 N–H and O–H groups in total. The molecule has 0 radical (unpaired) electrons. The van der Waals surface area contributed by atoms with Crippen LogP contribution < -0.4 is 4.74 Å². The van der Waals surface area contributed by atoms with E-state index >= 15 is 0 Å². The lowest BCUT2D eigenvalue weighted by molar-refractivity contribution is 0.463. The average Bonchev–Trinajstić information content (AvgIpc) is 2.55. The average molecular weight is 348 g/mol. The second-order valence-corrected chi connectivity index (χ2v) is 5.63. The topological polar surface area (TPSA) is 37.7 Å². The Kier molecular flexibility index (Phi) is 5.86. The molecule has 0 aliphatic heterocycles. The molecule has 2 aromatic rings. The molecule has 0 aliphatic carbocycles. The van der Waals surface area contributed by atoms with Gasteiger partial charge in [-0.15, -0.1) is 6.42 Å². The number of terminal acetylenes is 1. The molecular weight excluding hydrogens is 333 g/mol. The van der Waals surface area contributed by atoms with E-state index < -0.39 is 0 Å². The van der Waals surface area contributed by atoms with E-state index in [1.165, 1.54) is 0 Å². The molecule has 0 amide bonds. The molecule has 2 rings (SSSR count). The lowest BCUT2D eigenvalue weighted by Crippen LogP contribution is -2.25. The fourth-order valence-corrected chi connectivity index (χ4v) is 2.00. The predicted molar refractivity (Wildman–Crippen MR) is 95.0 cm³/mol. The Labute approximate surface area is 145 Å². The van der Waals surface area contributed by atoms with Gasteiger partial charge in [0, 0.05) is 18.1 Å². The van der Waals surface area contributed by atoms with Crippen molar-refractivity contribution < 1.29 is 4.74 Å². The molecule has 118 valence electrons. The van der Waals surface area contributed by atoms with Crippen molar-refractivity contribution in [2.24, 2.45) is 4.99 Å². The van der Waals surface area contributed by atoms with Crippen LogP contribution in [0, 0.1) is 12.3 Å². The van der Waals surface area contributed by atoms with Gasteiger partial charge in [0.25, 0.3) is 0 Å². The van der Waals surface area contributed by atoms with Crippen LogP contribution in [0.3, 0.4) is 0 Å². The Hall–Kier alpha value is -2.22. The smallest absolute Gasteiger partial charge is 0.219 e. The number of hydrogen-bond acceptors (Lipinski definition) is 3. The minimum atomic E-state index is -0.0265. The molecule has 1 aromatic heterocycles. The van der Waals surface area contributed by atoms with Crippen molar-refractivity contribution in [1.82, 2.24) is 9.88 Å². The molecule has 0 bridgehead atoms. The zero-order chi connectivity index (χ0) is 16.8. The number of ether oxygens (including phenoxy) is 1. The first-order valence-corrected chi connectivity index (χ1v) is 7.56. The van der Waals surface area contributed by atoms with Crippen LogP contribution in [-0.4, -0.2) is 29.3 Å². The third kappa shape index (κ3) is 4.88. The van der Waals surface area contributed by atoms with Gasteiger partial charge in [0.05, 0.1) is 29.3 Å². The van der Waals surface area contributed by atoms with Gasteiger partial charge in [-0.05, 0) is 31.2 Å². The SMILES string of the molecule is C#CC(C)N(C)/C=N/c1ccc(Oc2ccc(Cl)cc2Cl)nc1. The van der Waals surface area contributed by atoms with Gasteiger partial charge in [-0.3, -0.25) is 0 Å². The number of aliphatic imine (C=N–C) groups is 1. The third-order valence-electron chi connectivity index (χ3n) is 3.07. The highest BCUT2D eigenvalue weighted by Gasteiger charge is 2.05.